The van der Waals surface area contributed by atoms with Crippen LogP contribution in [0.1, 0.15) is 117 Å². The van der Waals surface area contributed by atoms with Gasteiger partial charge in [0.15, 0.2) is 5.75 Å². The first-order valence-corrected chi connectivity index (χ1v) is 17.8. The Balaban J connectivity index is 1.22. The fourth-order valence-corrected chi connectivity index (χ4v) is 10.7. The summed E-state index contributed by atoms with van der Waals surface area (Å²) < 4.78 is 5.22. The summed E-state index contributed by atoms with van der Waals surface area (Å²) in [6, 6.07) is 15.3. The average Bonchev–Trinajstić information content (AvgIpc) is 3.37. The van der Waals surface area contributed by atoms with Crippen LogP contribution >= 0.6 is 0 Å². The Morgan fingerprint density at radius 1 is 0.933 bits per heavy atom. The van der Waals surface area contributed by atoms with Crippen molar-refractivity contribution in [2.45, 2.75) is 111 Å². The van der Waals surface area contributed by atoms with Crippen LogP contribution in [0.4, 0.5) is 16.2 Å². The molecule has 3 fully saturated rings. The van der Waals surface area contributed by atoms with E-state index in [0.717, 1.165) is 59.6 Å². The summed E-state index contributed by atoms with van der Waals surface area (Å²) in [5.41, 5.74) is 4.69. The van der Waals surface area contributed by atoms with Gasteiger partial charge in [0.25, 0.3) is 0 Å². The average molecular weight is 611 g/mol. The lowest BCUT2D eigenvalue weighted by molar-refractivity contribution is -0.0510. The third kappa shape index (κ3) is 6.25. The van der Waals surface area contributed by atoms with E-state index in [1.54, 1.807) is 11.6 Å². The maximum Gasteiger partial charge on any atom is 0.511 e. The Bertz CT molecular complexity index is 1420. The van der Waals surface area contributed by atoms with Gasteiger partial charge in [-0.25, -0.2) is 4.79 Å². The molecule has 2 aromatic carbocycles. The van der Waals surface area contributed by atoms with Gasteiger partial charge < -0.3 is 9.84 Å². The molecule has 2 aromatic rings. The maximum absolute atomic E-state index is 11.6. The SMILES string of the molecule is CC(C)CCC[C@@H](C)[C@H]1CCC2C3CC=C4CC(c5cccc(OC(=O)O)c5N=Nc5ccccc5)CC[C@]4(C)C3CC[C@@]21C. The van der Waals surface area contributed by atoms with Crippen molar-refractivity contribution < 1.29 is 14.6 Å². The lowest BCUT2D eigenvalue weighted by Crippen LogP contribution is -2.50. The van der Waals surface area contributed by atoms with Gasteiger partial charge >= 0.3 is 6.16 Å². The van der Waals surface area contributed by atoms with E-state index < -0.39 is 6.16 Å². The van der Waals surface area contributed by atoms with Crippen LogP contribution in [-0.4, -0.2) is 11.3 Å². The van der Waals surface area contributed by atoms with Crippen molar-refractivity contribution in [3.8, 4) is 5.75 Å². The summed E-state index contributed by atoms with van der Waals surface area (Å²) in [6.07, 6.45) is 15.5. The second-order valence-corrected chi connectivity index (χ2v) is 15.8. The lowest BCUT2D eigenvalue weighted by Gasteiger charge is -2.58. The molecule has 0 amide bonds. The predicted octanol–water partition coefficient (Wildman–Crippen LogP) is 12.3. The molecule has 0 heterocycles. The molecule has 242 valence electrons. The Morgan fingerprint density at radius 2 is 1.73 bits per heavy atom. The summed E-state index contributed by atoms with van der Waals surface area (Å²) in [4.78, 5) is 11.6. The molecule has 5 nitrogen and oxygen atoms in total. The highest BCUT2D eigenvalue weighted by Gasteiger charge is 2.59. The van der Waals surface area contributed by atoms with E-state index in [9.17, 15) is 9.90 Å². The van der Waals surface area contributed by atoms with Gasteiger partial charge in [0.1, 0.15) is 5.69 Å². The van der Waals surface area contributed by atoms with Crippen LogP contribution in [0.25, 0.3) is 0 Å². The van der Waals surface area contributed by atoms with Crippen LogP contribution in [0, 0.1) is 46.3 Å². The highest BCUT2D eigenvalue weighted by Crippen LogP contribution is 2.68. The number of allylic oxidation sites excluding steroid dienone is 2. The van der Waals surface area contributed by atoms with E-state index in [4.69, 9.17) is 4.74 Å². The highest BCUT2D eigenvalue weighted by atomic mass is 16.7. The quantitative estimate of drug-likeness (QED) is 0.133. The number of nitrogens with zero attached hydrogens (tertiary/aromatic N) is 2. The van der Waals surface area contributed by atoms with Crippen LogP contribution in [0.2, 0.25) is 0 Å². The zero-order valence-corrected chi connectivity index (χ0v) is 28.2. The molecule has 0 radical (unpaired) electrons. The molecule has 8 atom stereocenters. The predicted molar refractivity (Wildman–Crippen MR) is 181 cm³/mol. The minimum Gasteiger partial charge on any atom is -0.449 e. The third-order valence-electron chi connectivity index (χ3n) is 13.0. The monoisotopic (exact) mass is 610 g/mol. The number of hydrogen-bond donors (Lipinski definition) is 1. The Hall–Kier alpha value is -2.95. The van der Waals surface area contributed by atoms with Crippen molar-refractivity contribution in [2.24, 2.45) is 56.6 Å². The normalized spacial score (nSPS) is 33.3. The van der Waals surface area contributed by atoms with E-state index in [1.165, 1.54) is 57.8 Å². The fraction of sp³-hybridized carbons (Fsp3) is 0.625. The standard InChI is InChI=1S/C40H54N2O3/c1-26(2)11-9-12-27(3)33-19-20-34-32-18-17-29-25-28(21-23-39(29,4)35(32)22-24-40(33,34)5)31-15-10-16-36(45-38(43)44)37(31)42-41-30-13-7-6-8-14-30/h6-8,10,13-17,26-28,32-35H,9,11-12,18-25H2,1-5H3,(H,43,44)/t27-,28?,32?,33-,34?,35?,39+,40-/m1/s1. The molecule has 5 heteroatoms. The van der Waals surface area contributed by atoms with E-state index in [1.807, 2.05) is 36.4 Å². The fourth-order valence-electron chi connectivity index (χ4n) is 10.7. The second-order valence-electron chi connectivity index (χ2n) is 15.8. The zero-order chi connectivity index (χ0) is 31.8. The van der Waals surface area contributed by atoms with E-state index in [0.29, 0.717) is 11.1 Å². The Morgan fingerprint density at radius 3 is 2.49 bits per heavy atom. The number of carbonyl (C=O) groups is 1. The van der Waals surface area contributed by atoms with Crippen LogP contribution in [-0.2, 0) is 0 Å². The van der Waals surface area contributed by atoms with Gasteiger partial charge in [-0.15, -0.1) is 5.11 Å². The van der Waals surface area contributed by atoms with Crippen molar-refractivity contribution in [2.75, 3.05) is 0 Å². The Kier molecular flexibility index (Phi) is 9.28. The third-order valence-corrected chi connectivity index (χ3v) is 13.0. The molecule has 3 saturated carbocycles. The molecule has 0 aliphatic heterocycles. The molecule has 45 heavy (non-hydrogen) atoms. The number of hydrogen-bond acceptors (Lipinski definition) is 4. The molecule has 0 saturated heterocycles. The molecular weight excluding hydrogens is 556 g/mol. The summed E-state index contributed by atoms with van der Waals surface area (Å²) in [5, 5.41) is 18.5. The van der Waals surface area contributed by atoms with E-state index >= 15 is 0 Å². The lowest BCUT2D eigenvalue weighted by atomic mass is 9.46. The van der Waals surface area contributed by atoms with Crippen molar-refractivity contribution >= 4 is 17.5 Å². The van der Waals surface area contributed by atoms with E-state index in [-0.39, 0.29) is 17.1 Å². The van der Waals surface area contributed by atoms with Crippen molar-refractivity contribution in [1.82, 2.24) is 0 Å². The van der Waals surface area contributed by atoms with Crippen LogP contribution < -0.4 is 4.74 Å². The van der Waals surface area contributed by atoms with Crippen LogP contribution in [0.15, 0.2) is 70.4 Å². The summed E-state index contributed by atoms with van der Waals surface area (Å²) >= 11 is 0. The molecule has 6 rings (SSSR count). The summed E-state index contributed by atoms with van der Waals surface area (Å²) in [6.45, 7) is 12.5. The zero-order valence-electron chi connectivity index (χ0n) is 28.2. The summed E-state index contributed by atoms with van der Waals surface area (Å²) in [7, 11) is 0. The first-order valence-electron chi connectivity index (χ1n) is 17.8. The number of rotatable bonds is 9. The number of carboxylic acid groups (broad SMARTS) is 1. The number of benzene rings is 2. The van der Waals surface area contributed by atoms with Gasteiger partial charge in [0.2, 0.25) is 0 Å². The minimum atomic E-state index is -1.33. The van der Waals surface area contributed by atoms with Crippen molar-refractivity contribution in [3.63, 3.8) is 0 Å². The Labute approximate surface area is 271 Å². The molecule has 0 aromatic heterocycles. The maximum atomic E-state index is 11.6. The molecule has 4 aliphatic rings. The van der Waals surface area contributed by atoms with Gasteiger partial charge in [-0.2, -0.15) is 5.11 Å². The number of azo groups is 1. The van der Waals surface area contributed by atoms with Crippen LogP contribution in [0.5, 0.6) is 5.75 Å². The molecule has 4 aliphatic carbocycles. The molecule has 0 bridgehead atoms. The van der Waals surface area contributed by atoms with Gasteiger partial charge in [0, 0.05) is 0 Å². The first kappa shape index (κ1) is 32.0. The summed E-state index contributed by atoms with van der Waals surface area (Å²) in [5.74, 6) is 5.49. The second kappa shape index (κ2) is 13.0. The van der Waals surface area contributed by atoms with Gasteiger partial charge in [-0.05, 0) is 127 Å². The largest absolute Gasteiger partial charge is 0.511 e. The van der Waals surface area contributed by atoms with Crippen LogP contribution in [0.3, 0.4) is 0 Å². The van der Waals surface area contributed by atoms with Gasteiger partial charge in [0.05, 0.1) is 5.69 Å². The highest BCUT2D eigenvalue weighted by molar-refractivity contribution is 5.68. The molecule has 1 N–H and O–H groups in total. The number of ether oxygens (including phenoxy) is 1. The van der Waals surface area contributed by atoms with Gasteiger partial charge in [-0.3, -0.25) is 0 Å². The van der Waals surface area contributed by atoms with E-state index in [2.05, 4.69) is 57.0 Å². The molecule has 0 spiro atoms. The van der Waals surface area contributed by atoms with Gasteiger partial charge in [-0.1, -0.05) is 95.9 Å². The molecular formula is C40H54N2O3. The minimum absolute atomic E-state index is 0.253. The topological polar surface area (TPSA) is 71.2 Å². The van der Waals surface area contributed by atoms with Crippen molar-refractivity contribution in [1.29, 1.82) is 0 Å². The molecule has 4 unspecified atom stereocenters. The first-order chi connectivity index (χ1) is 21.6. The smallest absolute Gasteiger partial charge is 0.449 e. The number of fused-ring (bicyclic) bond motifs is 5. The van der Waals surface area contributed by atoms with Crippen molar-refractivity contribution in [3.05, 3.63) is 65.7 Å².